The molecule has 2 atom stereocenters. The average molecular weight is 289 g/mol. The van der Waals surface area contributed by atoms with E-state index in [1.54, 1.807) is 6.92 Å². The zero-order chi connectivity index (χ0) is 15.2. The van der Waals surface area contributed by atoms with Gasteiger partial charge >= 0.3 is 6.09 Å². The van der Waals surface area contributed by atoms with Crippen LogP contribution in [0.15, 0.2) is 18.2 Å². The highest BCUT2D eigenvalue weighted by atomic mass is 16.5. The van der Waals surface area contributed by atoms with Crippen LogP contribution in [-0.4, -0.2) is 44.4 Å². The van der Waals surface area contributed by atoms with Gasteiger partial charge in [0.25, 0.3) is 0 Å². The van der Waals surface area contributed by atoms with Gasteiger partial charge in [-0.1, -0.05) is 6.92 Å². The van der Waals surface area contributed by atoms with Gasteiger partial charge < -0.3 is 9.64 Å². The fourth-order valence-corrected chi connectivity index (χ4v) is 3.94. The molecule has 0 saturated carbocycles. The maximum Gasteiger partial charge on any atom is 0.411 e. The summed E-state index contributed by atoms with van der Waals surface area (Å²) in [7, 11) is 4.32. The van der Waals surface area contributed by atoms with Gasteiger partial charge in [0.2, 0.25) is 0 Å². The van der Waals surface area contributed by atoms with Crippen LogP contribution in [0.1, 0.15) is 25.8 Å². The van der Waals surface area contributed by atoms with E-state index in [9.17, 15) is 4.79 Å². The van der Waals surface area contributed by atoms with Crippen LogP contribution in [-0.2, 0) is 10.2 Å². The van der Waals surface area contributed by atoms with Crippen molar-refractivity contribution >= 4 is 17.5 Å². The second-order valence-corrected chi connectivity index (χ2v) is 6.21. The highest BCUT2D eigenvalue weighted by molar-refractivity contribution is 5.85. The smallest absolute Gasteiger partial charge is 0.411 e. The quantitative estimate of drug-likeness (QED) is 0.909. The molecule has 1 saturated heterocycles. The first-order valence-electron chi connectivity index (χ1n) is 7.48. The average Bonchev–Trinajstić information content (AvgIpc) is 2.85. The van der Waals surface area contributed by atoms with Crippen LogP contribution >= 0.6 is 0 Å². The normalized spacial score (nSPS) is 27.4. The van der Waals surface area contributed by atoms with E-state index >= 15 is 0 Å². The van der Waals surface area contributed by atoms with Crippen LogP contribution in [0.2, 0.25) is 0 Å². The zero-order valence-corrected chi connectivity index (χ0v) is 13.1. The summed E-state index contributed by atoms with van der Waals surface area (Å²) in [5, 5.41) is 2.80. The van der Waals surface area contributed by atoms with Gasteiger partial charge in [-0.15, -0.1) is 0 Å². The highest BCUT2D eigenvalue weighted by Gasteiger charge is 2.52. The molecule has 114 valence electrons. The molecule has 2 heterocycles. The molecule has 3 rings (SSSR count). The highest BCUT2D eigenvalue weighted by Crippen LogP contribution is 2.51. The molecule has 0 aromatic heterocycles. The number of rotatable bonds is 2. The maximum absolute atomic E-state index is 11.6. The second-order valence-electron chi connectivity index (χ2n) is 6.21. The summed E-state index contributed by atoms with van der Waals surface area (Å²) >= 11 is 0. The third kappa shape index (κ3) is 2.07. The van der Waals surface area contributed by atoms with E-state index in [1.165, 1.54) is 11.3 Å². The zero-order valence-electron chi connectivity index (χ0n) is 13.1. The third-order valence-electron chi connectivity index (χ3n) is 4.85. The van der Waals surface area contributed by atoms with E-state index in [0.717, 1.165) is 18.7 Å². The Morgan fingerprint density at radius 3 is 2.95 bits per heavy atom. The lowest BCUT2D eigenvalue weighted by Gasteiger charge is -2.32. The molecule has 1 fully saturated rings. The van der Waals surface area contributed by atoms with Crippen molar-refractivity contribution in [2.24, 2.45) is 0 Å². The number of nitrogens with one attached hydrogen (secondary N) is 1. The summed E-state index contributed by atoms with van der Waals surface area (Å²) in [5.74, 6) is 0. The number of fused-ring (bicyclic) bond motifs is 3. The monoisotopic (exact) mass is 289 g/mol. The summed E-state index contributed by atoms with van der Waals surface area (Å²) in [6, 6.07) is 6.13. The Bertz CT molecular complexity index is 575. The number of carbonyl (C=O) groups is 1. The molecule has 0 bridgehead atoms. The van der Waals surface area contributed by atoms with E-state index in [0.29, 0.717) is 12.8 Å². The number of carbonyl (C=O) groups excluding carboxylic acids is 1. The van der Waals surface area contributed by atoms with Crippen molar-refractivity contribution < 1.29 is 9.53 Å². The number of anilines is 2. The summed E-state index contributed by atoms with van der Waals surface area (Å²) in [5.41, 5.74) is 3.49. The molecule has 21 heavy (non-hydrogen) atoms. The van der Waals surface area contributed by atoms with Crippen molar-refractivity contribution in [3.63, 3.8) is 0 Å². The van der Waals surface area contributed by atoms with Crippen molar-refractivity contribution in [3.05, 3.63) is 23.8 Å². The van der Waals surface area contributed by atoms with Gasteiger partial charge in [-0.05, 0) is 44.2 Å². The minimum atomic E-state index is -0.394. The Labute approximate surface area is 125 Å². The number of ether oxygens (including phenoxy) is 1. The molecule has 2 unspecified atom stereocenters. The molecule has 1 aromatic rings. The molecule has 1 N–H and O–H groups in total. The van der Waals surface area contributed by atoms with Crippen LogP contribution in [0.25, 0.3) is 0 Å². The lowest BCUT2D eigenvalue weighted by Crippen LogP contribution is -2.45. The SMILES string of the molecule is CCOC(=O)Nc1ccc2c(c1)C1(C)CCN(C)C1N2C. The fourth-order valence-electron chi connectivity index (χ4n) is 3.94. The molecule has 5 nitrogen and oxygen atoms in total. The van der Waals surface area contributed by atoms with E-state index < -0.39 is 6.09 Å². The first kappa shape index (κ1) is 14.2. The predicted molar refractivity (Wildman–Crippen MR) is 83.9 cm³/mol. The molecule has 0 aliphatic carbocycles. The van der Waals surface area contributed by atoms with E-state index in [2.05, 4.69) is 48.3 Å². The largest absolute Gasteiger partial charge is 0.450 e. The Hall–Kier alpha value is -1.75. The second kappa shape index (κ2) is 4.91. The summed E-state index contributed by atoms with van der Waals surface area (Å²) in [6.07, 6.45) is 1.13. The topological polar surface area (TPSA) is 44.8 Å². The fraction of sp³-hybridized carbons (Fsp3) is 0.562. The van der Waals surface area contributed by atoms with Crippen molar-refractivity contribution in [2.45, 2.75) is 31.8 Å². The van der Waals surface area contributed by atoms with E-state index in [1.807, 2.05) is 6.07 Å². The molecule has 1 amide bonds. The van der Waals surface area contributed by atoms with Crippen LogP contribution in [0.4, 0.5) is 16.2 Å². The number of hydrogen-bond donors (Lipinski definition) is 1. The Morgan fingerprint density at radius 1 is 1.48 bits per heavy atom. The van der Waals surface area contributed by atoms with E-state index in [4.69, 9.17) is 4.74 Å². The Kier molecular flexibility index (Phi) is 3.32. The van der Waals surface area contributed by atoms with Gasteiger partial charge in [0.1, 0.15) is 0 Å². The van der Waals surface area contributed by atoms with Crippen molar-refractivity contribution in [1.29, 1.82) is 0 Å². The molecular weight excluding hydrogens is 266 g/mol. The van der Waals surface area contributed by atoms with Crippen molar-refractivity contribution in [1.82, 2.24) is 4.90 Å². The Morgan fingerprint density at radius 2 is 2.24 bits per heavy atom. The number of hydrogen-bond acceptors (Lipinski definition) is 4. The minimum absolute atomic E-state index is 0.116. The first-order valence-corrected chi connectivity index (χ1v) is 7.48. The summed E-state index contributed by atoms with van der Waals surface area (Å²) in [4.78, 5) is 16.3. The van der Waals surface area contributed by atoms with Gasteiger partial charge in [0, 0.05) is 30.4 Å². The number of likely N-dealkylation sites (tertiary alicyclic amines) is 1. The number of amides is 1. The number of benzene rings is 1. The summed E-state index contributed by atoms with van der Waals surface area (Å²) < 4.78 is 4.95. The minimum Gasteiger partial charge on any atom is -0.450 e. The molecular formula is C16H23N3O2. The molecule has 0 spiro atoms. The van der Waals surface area contributed by atoms with Gasteiger partial charge in [0.15, 0.2) is 0 Å². The van der Waals surface area contributed by atoms with Gasteiger partial charge in [-0.25, -0.2) is 4.79 Å². The third-order valence-corrected chi connectivity index (χ3v) is 4.85. The van der Waals surface area contributed by atoms with Crippen molar-refractivity contribution in [2.75, 3.05) is 37.5 Å². The maximum atomic E-state index is 11.6. The summed E-state index contributed by atoms with van der Waals surface area (Å²) in [6.45, 7) is 5.60. The lowest BCUT2D eigenvalue weighted by molar-refractivity contribution is 0.168. The number of nitrogens with zero attached hydrogens (tertiary/aromatic N) is 2. The van der Waals surface area contributed by atoms with Crippen LogP contribution < -0.4 is 10.2 Å². The van der Waals surface area contributed by atoms with Gasteiger partial charge in [-0.2, -0.15) is 0 Å². The van der Waals surface area contributed by atoms with E-state index in [-0.39, 0.29) is 5.41 Å². The first-order chi connectivity index (χ1) is 9.97. The van der Waals surface area contributed by atoms with Gasteiger partial charge in [-0.3, -0.25) is 10.2 Å². The molecule has 2 aliphatic heterocycles. The number of likely N-dealkylation sites (N-methyl/N-ethyl adjacent to an activating group) is 2. The van der Waals surface area contributed by atoms with Gasteiger partial charge in [0.05, 0.1) is 12.8 Å². The van der Waals surface area contributed by atoms with Crippen LogP contribution in [0, 0.1) is 0 Å². The standard InChI is InChI=1S/C16H23N3O2/c1-5-21-15(20)17-11-6-7-13-12(10-11)16(2)8-9-18(3)14(16)19(13)4/h6-7,10,14H,5,8-9H2,1-4H3,(H,17,20). The molecule has 1 aromatic carbocycles. The van der Waals surface area contributed by atoms with Crippen molar-refractivity contribution in [3.8, 4) is 0 Å². The predicted octanol–water partition coefficient (Wildman–Crippen LogP) is 2.62. The van der Waals surface area contributed by atoms with Crippen LogP contribution in [0.5, 0.6) is 0 Å². The molecule has 2 aliphatic rings. The molecule has 5 heteroatoms. The lowest BCUT2D eigenvalue weighted by atomic mass is 9.81. The Balaban J connectivity index is 1.93. The molecule has 0 radical (unpaired) electrons. The van der Waals surface area contributed by atoms with Crippen LogP contribution in [0.3, 0.4) is 0 Å².